The summed E-state index contributed by atoms with van der Waals surface area (Å²) in [6.07, 6.45) is 2.44. The average molecular weight is 308 g/mol. The molecular formula is C17H28O3Si. The van der Waals surface area contributed by atoms with Gasteiger partial charge in [-0.2, -0.15) is 0 Å². The number of hydrogen-bond acceptors (Lipinski definition) is 3. The van der Waals surface area contributed by atoms with E-state index in [-0.39, 0.29) is 0 Å². The highest BCUT2D eigenvalue weighted by Gasteiger charge is 2.40. The first-order valence-electron chi connectivity index (χ1n) is 7.70. The van der Waals surface area contributed by atoms with Crippen LogP contribution in [0.2, 0.25) is 0 Å². The Balaban J connectivity index is 2.93. The van der Waals surface area contributed by atoms with Gasteiger partial charge in [-0.05, 0) is 25.0 Å². The van der Waals surface area contributed by atoms with E-state index >= 15 is 0 Å². The number of hydrogen-bond donors (Lipinski definition) is 0. The smallest absolute Gasteiger partial charge is 0.390 e. The molecule has 0 heterocycles. The predicted octanol–water partition coefficient (Wildman–Crippen LogP) is 3.32. The van der Waals surface area contributed by atoms with Gasteiger partial charge in [0.05, 0.1) is 12.8 Å². The lowest BCUT2D eigenvalue weighted by atomic mass is 10.4. The quantitative estimate of drug-likeness (QED) is 0.463. The zero-order valence-corrected chi connectivity index (χ0v) is 14.6. The fourth-order valence-corrected chi connectivity index (χ4v) is 4.85. The Morgan fingerprint density at radius 2 is 1.62 bits per heavy atom. The summed E-state index contributed by atoms with van der Waals surface area (Å²) in [6.45, 7) is 12.0. The van der Waals surface area contributed by atoms with Crippen LogP contribution in [0.1, 0.15) is 33.6 Å². The zero-order valence-electron chi connectivity index (χ0n) is 13.6. The minimum Gasteiger partial charge on any atom is -0.390 e. The number of rotatable bonds is 11. The molecule has 0 aliphatic rings. The van der Waals surface area contributed by atoms with Gasteiger partial charge < -0.3 is 13.6 Å². The Bertz CT molecular complexity index is 398. The molecule has 0 saturated heterocycles. The highest BCUT2D eigenvalue weighted by atomic mass is 28.4. The number of benzene rings is 1. The molecule has 0 radical (unpaired) electrons. The molecule has 118 valence electrons. The molecule has 0 atom stereocenters. The van der Waals surface area contributed by atoms with Gasteiger partial charge in [-0.3, -0.25) is 0 Å². The van der Waals surface area contributed by atoms with Gasteiger partial charge in [0.15, 0.2) is 0 Å². The molecule has 0 aliphatic carbocycles. The molecule has 21 heavy (non-hydrogen) atoms. The van der Waals surface area contributed by atoms with Crippen molar-refractivity contribution in [2.24, 2.45) is 0 Å². The highest BCUT2D eigenvalue weighted by molar-refractivity contribution is 6.81. The Hall–Kier alpha value is -0.943. The van der Waals surface area contributed by atoms with Crippen LogP contribution in [0.4, 0.5) is 0 Å². The Morgan fingerprint density at radius 3 is 2.10 bits per heavy atom. The first-order chi connectivity index (χ1) is 10.1. The van der Waals surface area contributed by atoms with E-state index in [1.54, 1.807) is 0 Å². The molecule has 1 aromatic rings. The maximum Gasteiger partial charge on any atom is 0.399 e. The van der Waals surface area contributed by atoms with Gasteiger partial charge in [0.25, 0.3) is 0 Å². The van der Waals surface area contributed by atoms with Crippen molar-refractivity contribution in [2.45, 2.75) is 33.6 Å². The van der Waals surface area contributed by atoms with Crippen molar-refractivity contribution < 1.29 is 13.6 Å². The van der Waals surface area contributed by atoms with Crippen LogP contribution in [0.5, 0.6) is 0 Å². The molecule has 3 nitrogen and oxygen atoms in total. The third kappa shape index (κ3) is 6.14. The molecule has 0 spiro atoms. The van der Waals surface area contributed by atoms with Crippen molar-refractivity contribution in [3.05, 3.63) is 42.5 Å². The van der Waals surface area contributed by atoms with Crippen LogP contribution in [-0.2, 0) is 13.6 Å². The van der Waals surface area contributed by atoms with Crippen molar-refractivity contribution in [2.75, 3.05) is 26.1 Å². The summed E-state index contributed by atoms with van der Waals surface area (Å²) in [4.78, 5) is 0. The van der Waals surface area contributed by atoms with Crippen LogP contribution < -0.4 is 5.19 Å². The standard InChI is InChI=1S/C17H28O3Si/c1-5-12-19-21(20-13-6-2,15-18-14-16(3)4)17-10-8-7-9-11-17/h7-11H,3,5-6,12-15H2,1-2,4H3. The predicted molar refractivity (Wildman–Crippen MR) is 89.9 cm³/mol. The molecule has 1 aromatic carbocycles. The van der Waals surface area contributed by atoms with E-state index in [4.69, 9.17) is 13.6 Å². The summed E-state index contributed by atoms with van der Waals surface area (Å²) in [5, 5.41) is 1.13. The van der Waals surface area contributed by atoms with Gasteiger partial charge in [-0.15, -0.1) is 0 Å². The van der Waals surface area contributed by atoms with Gasteiger partial charge in [0.2, 0.25) is 0 Å². The molecule has 0 unspecified atom stereocenters. The molecule has 1 rings (SSSR count). The maximum absolute atomic E-state index is 6.21. The topological polar surface area (TPSA) is 27.7 Å². The minimum atomic E-state index is -2.54. The fraction of sp³-hybridized carbons (Fsp3) is 0.529. The van der Waals surface area contributed by atoms with E-state index in [0.717, 1.165) is 23.6 Å². The Morgan fingerprint density at radius 1 is 1.05 bits per heavy atom. The largest absolute Gasteiger partial charge is 0.399 e. The Labute approximate surface area is 130 Å². The summed E-state index contributed by atoms with van der Waals surface area (Å²) in [7, 11) is -2.54. The second kappa shape index (κ2) is 9.90. The third-order valence-electron chi connectivity index (χ3n) is 2.93. The maximum atomic E-state index is 6.21. The third-order valence-corrected chi connectivity index (χ3v) is 6.07. The molecular weight excluding hydrogens is 280 g/mol. The summed E-state index contributed by atoms with van der Waals surface area (Å²) in [5.41, 5.74) is 1.01. The van der Waals surface area contributed by atoms with Crippen LogP contribution in [0.25, 0.3) is 0 Å². The van der Waals surface area contributed by atoms with Gasteiger partial charge in [-0.25, -0.2) is 0 Å². The van der Waals surface area contributed by atoms with Gasteiger partial charge in [-0.1, -0.05) is 56.3 Å². The van der Waals surface area contributed by atoms with E-state index < -0.39 is 8.56 Å². The molecule has 0 fully saturated rings. The van der Waals surface area contributed by atoms with Crippen molar-refractivity contribution in [1.82, 2.24) is 0 Å². The lowest BCUT2D eigenvalue weighted by Crippen LogP contribution is -2.58. The fourth-order valence-electron chi connectivity index (χ4n) is 1.96. The first-order valence-corrected chi connectivity index (χ1v) is 9.72. The SMILES string of the molecule is C=C(C)COC[Si](OCCC)(OCCC)c1ccccc1. The van der Waals surface area contributed by atoms with Crippen molar-refractivity contribution in [3.63, 3.8) is 0 Å². The minimum absolute atomic E-state index is 0.504. The van der Waals surface area contributed by atoms with E-state index in [1.807, 2.05) is 25.1 Å². The Kier molecular flexibility index (Phi) is 8.53. The summed E-state index contributed by atoms with van der Waals surface area (Å²) in [6, 6.07) is 10.2. The van der Waals surface area contributed by atoms with E-state index in [0.29, 0.717) is 26.1 Å². The van der Waals surface area contributed by atoms with Crippen LogP contribution in [0, 0.1) is 0 Å². The van der Waals surface area contributed by atoms with Crippen LogP contribution in [-0.4, -0.2) is 34.6 Å². The highest BCUT2D eigenvalue weighted by Crippen LogP contribution is 2.12. The molecule has 0 aromatic heterocycles. The van der Waals surface area contributed by atoms with Crippen molar-refractivity contribution in [3.8, 4) is 0 Å². The van der Waals surface area contributed by atoms with Crippen molar-refractivity contribution in [1.29, 1.82) is 0 Å². The van der Waals surface area contributed by atoms with Crippen molar-refractivity contribution >= 4 is 13.7 Å². The molecule has 0 amide bonds. The monoisotopic (exact) mass is 308 g/mol. The van der Waals surface area contributed by atoms with Gasteiger partial charge in [0, 0.05) is 13.2 Å². The average Bonchev–Trinajstić information content (AvgIpc) is 2.50. The molecule has 0 saturated carbocycles. The van der Waals surface area contributed by atoms with Gasteiger partial charge in [0.1, 0.15) is 0 Å². The molecule has 0 bridgehead atoms. The molecule has 4 heteroatoms. The molecule has 0 N–H and O–H groups in total. The van der Waals surface area contributed by atoms with E-state index in [9.17, 15) is 0 Å². The van der Waals surface area contributed by atoms with E-state index in [2.05, 4.69) is 32.6 Å². The van der Waals surface area contributed by atoms with Crippen LogP contribution in [0.3, 0.4) is 0 Å². The second-order valence-electron chi connectivity index (χ2n) is 5.27. The summed E-state index contributed by atoms with van der Waals surface area (Å²) >= 11 is 0. The van der Waals surface area contributed by atoms with Crippen LogP contribution >= 0.6 is 0 Å². The zero-order chi connectivity index (χ0) is 15.6. The molecule has 0 aliphatic heterocycles. The van der Waals surface area contributed by atoms with E-state index in [1.165, 1.54) is 0 Å². The summed E-state index contributed by atoms with van der Waals surface area (Å²) < 4.78 is 18.2. The summed E-state index contributed by atoms with van der Waals surface area (Å²) in [5.74, 6) is 0. The second-order valence-corrected chi connectivity index (χ2v) is 8.21. The lowest BCUT2D eigenvalue weighted by Gasteiger charge is -2.30. The normalized spacial score (nSPS) is 11.6. The lowest BCUT2D eigenvalue weighted by molar-refractivity contribution is 0.118. The van der Waals surface area contributed by atoms with Gasteiger partial charge >= 0.3 is 8.56 Å². The first kappa shape index (κ1) is 18.1. The van der Waals surface area contributed by atoms with Crippen LogP contribution in [0.15, 0.2) is 42.5 Å². The number of ether oxygens (including phenoxy) is 1.